The first-order chi connectivity index (χ1) is 14.5. The first-order valence-electron chi connectivity index (χ1n) is 9.48. The standard InChI is InChI=1S/C22H18N2O5S/c1-2-7-16(23-19(25)18-12-13-8-3-6-11-17(13)30-18)22(28)29-24-20(26)14-9-4-5-10-15(14)21(24)27/h3-6,8-12,16H,2,7H2,1H3,(H,23,25). The number of carbonyl (C=O) groups excluding carboxylic acids is 4. The Bertz CT molecular complexity index is 1100. The van der Waals surface area contributed by atoms with Crippen LogP contribution in [0.5, 0.6) is 0 Å². The first-order valence-corrected chi connectivity index (χ1v) is 10.3. The fraction of sp³-hybridized carbons (Fsp3) is 0.182. The Balaban J connectivity index is 1.49. The van der Waals surface area contributed by atoms with E-state index in [2.05, 4.69) is 5.32 Å². The van der Waals surface area contributed by atoms with Gasteiger partial charge >= 0.3 is 5.97 Å². The third-order valence-electron chi connectivity index (χ3n) is 4.75. The molecule has 152 valence electrons. The van der Waals surface area contributed by atoms with Gasteiger partial charge in [0.05, 0.1) is 16.0 Å². The molecule has 3 amide bonds. The predicted octanol–water partition coefficient (Wildman–Crippen LogP) is 3.55. The van der Waals surface area contributed by atoms with Crippen molar-refractivity contribution in [1.29, 1.82) is 0 Å². The molecule has 8 heteroatoms. The maximum absolute atomic E-state index is 12.7. The van der Waals surface area contributed by atoms with E-state index in [1.807, 2.05) is 31.2 Å². The molecule has 0 aliphatic carbocycles. The third kappa shape index (κ3) is 3.57. The summed E-state index contributed by atoms with van der Waals surface area (Å²) in [5.41, 5.74) is 0.355. The predicted molar refractivity (Wildman–Crippen MR) is 111 cm³/mol. The molecule has 1 unspecified atom stereocenters. The van der Waals surface area contributed by atoms with Gasteiger partial charge in [-0.25, -0.2) is 4.79 Å². The summed E-state index contributed by atoms with van der Waals surface area (Å²) in [7, 11) is 0. The molecule has 1 aliphatic rings. The van der Waals surface area contributed by atoms with E-state index in [9.17, 15) is 19.2 Å². The quantitative estimate of drug-likeness (QED) is 0.613. The fourth-order valence-electron chi connectivity index (χ4n) is 3.26. The highest BCUT2D eigenvalue weighted by Gasteiger charge is 2.40. The van der Waals surface area contributed by atoms with Crippen LogP contribution in [0.15, 0.2) is 54.6 Å². The van der Waals surface area contributed by atoms with E-state index in [4.69, 9.17) is 4.84 Å². The van der Waals surface area contributed by atoms with Crippen LogP contribution in [0.1, 0.15) is 50.2 Å². The number of nitrogens with one attached hydrogen (secondary N) is 1. The number of amides is 3. The summed E-state index contributed by atoms with van der Waals surface area (Å²) in [5.74, 6) is -2.67. The fourth-order valence-corrected chi connectivity index (χ4v) is 4.23. The molecule has 7 nitrogen and oxygen atoms in total. The van der Waals surface area contributed by atoms with Gasteiger partial charge in [0.15, 0.2) is 0 Å². The molecule has 1 aromatic heterocycles. The minimum Gasteiger partial charge on any atom is -0.338 e. The summed E-state index contributed by atoms with van der Waals surface area (Å²) < 4.78 is 0.961. The van der Waals surface area contributed by atoms with Gasteiger partial charge in [0.1, 0.15) is 6.04 Å². The molecule has 0 bridgehead atoms. The first kappa shape index (κ1) is 19.8. The third-order valence-corrected chi connectivity index (χ3v) is 5.87. The number of hydrogen-bond donors (Lipinski definition) is 1. The van der Waals surface area contributed by atoms with E-state index in [0.29, 0.717) is 22.8 Å². The molecule has 2 aromatic carbocycles. The lowest BCUT2D eigenvalue weighted by molar-refractivity contribution is -0.171. The van der Waals surface area contributed by atoms with Crippen LogP contribution >= 0.6 is 11.3 Å². The normalized spacial score (nSPS) is 14.0. The Kier molecular flexibility index (Phi) is 5.33. The molecule has 0 fully saturated rings. The van der Waals surface area contributed by atoms with Crippen LogP contribution in [0.3, 0.4) is 0 Å². The number of hydroxylamine groups is 2. The van der Waals surface area contributed by atoms with Crippen molar-refractivity contribution in [1.82, 2.24) is 10.4 Å². The van der Waals surface area contributed by atoms with Crippen molar-refractivity contribution in [2.45, 2.75) is 25.8 Å². The lowest BCUT2D eigenvalue weighted by Gasteiger charge is -2.19. The van der Waals surface area contributed by atoms with Crippen LogP contribution in [0.2, 0.25) is 0 Å². The maximum atomic E-state index is 12.7. The van der Waals surface area contributed by atoms with Gasteiger partial charge in [0.2, 0.25) is 0 Å². The summed E-state index contributed by atoms with van der Waals surface area (Å²) in [6.45, 7) is 1.86. The summed E-state index contributed by atoms with van der Waals surface area (Å²) in [6.07, 6.45) is 0.896. The molecule has 2 heterocycles. The second-order valence-electron chi connectivity index (χ2n) is 6.82. The zero-order valence-electron chi connectivity index (χ0n) is 16.1. The monoisotopic (exact) mass is 422 g/mol. The second-order valence-corrected chi connectivity index (χ2v) is 7.91. The average Bonchev–Trinajstić information content (AvgIpc) is 3.29. The van der Waals surface area contributed by atoms with Crippen molar-refractivity contribution < 1.29 is 24.0 Å². The number of thiophene rings is 1. The highest BCUT2D eigenvalue weighted by Crippen LogP contribution is 2.26. The smallest absolute Gasteiger partial charge is 0.338 e. The maximum Gasteiger partial charge on any atom is 0.355 e. The molecule has 0 saturated heterocycles. The summed E-state index contributed by atoms with van der Waals surface area (Å²) in [6, 6.07) is 14.6. The molecule has 0 radical (unpaired) electrons. The molecule has 30 heavy (non-hydrogen) atoms. The van der Waals surface area contributed by atoms with E-state index in [1.54, 1.807) is 18.2 Å². The number of rotatable bonds is 6. The van der Waals surface area contributed by atoms with E-state index in [1.165, 1.54) is 23.5 Å². The molecular weight excluding hydrogens is 404 g/mol. The van der Waals surface area contributed by atoms with Crippen molar-refractivity contribution in [3.8, 4) is 0 Å². The van der Waals surface area contributed by atoms with Gasteiger partial charge in [0, 0.05) is 4.70 Å². The molecule has 0 saturated carbocycles. The number of nitrogens with zero attached hydrogens (tertiary/aromatic N) is 1. The SMILES string of the molecule is CCCC(NC(=O)c1cc2ccccc2s1)C(=O)ON1C(=O)c2ccccc2C1=O. The number of hydrogen-bond acceptors (Lipinski definition) is 6. The Morgan fingerprint density at radius 2 is 1.67 bits per heavy atom. The lowest BCUT2D eigenvalue weighted by atomic mass is 10.1. The van der Waals surface area contributed by atoms with Crippen LogP contribution < -0.4 is 5.32 Å². The Hall–Kier alpha value is -3.52. The highest BCUT2D eigenvalue weighted by molar-refractivity contribution is 7.20. The molecule has 1 aliphatic heterocycles. The molecule has 0 spiro atoms. The van der Waals surface area contributed by atoms with Crippen LogP contribution in [0, 0.1) is 0 Å². The Labute approximate surface area is 176 Å². The van der Waals surface area contributed by atoms with Crippen LogP contribution in [0.25, 0.3) is 10.1 Å². The zero-order valence-corrected chi connectivity index (χ0v) is 16.9. The van der Waals surface area contributed by atoms with Crippen molar-refractivity contribution in [3.63, 3.8) is 0 Å². The van der Waals surface area contributed by atoms with Gasteiger partial charge in [-0.15, -0.1) is 11.3 Å². The van der Waals surface area contributed by atoms with Gasteiger partial charge in [0.25, 0.3) is 17.7 Å². The Morgan fingerprint density at radius 1 is 1.03 bits per heavy atom. The van der Waals surface area contributed by atoms with E-state index in [-0.39, 0.29) is 11.1 Å². The lowest BCUT2D eigenvalue weighted by Crippen LogP contribution is -2.45. The van der Waals surface area contributed by atoms with Crippen LogP contribution in [-0.2, 0) is 9.63 Å². The molecular formula is C22H18N2O5S. The molecule has 3 aromatic rings. The highest BCUT2D eigenvalue weighted by atomic mass is 32.1. The van der Waals surface area contributed by atoms with Crippen molar-refractivity contribution in [2.75, 3.05) is 0 Å². The number of fused-ring (bicyclic) bond motifs is 2. The van der Waals surface area contributed by atoms with E-state index in [0.717, 1.165) is 10.1 Å². The number of carbonyl (C=O) groups is 4. The van der Waals surface area contributed by atoms with Crippen molar-refractivity contribution in [2.24, 2.45) is 0 Å². The Morgan fingerprint density at radius 3 is 2.30 bits per heavy atom. The van der Waals surface area contributed by atoms with Gasteiger partial charge in [-0.1, -0.05) is 48.7 Å². The van der Waals surface area contributed by atoms with Crippen LogP contribution in [0.4, 0.5) is 0 Å². The number of benzene rings is 2. The minimum atomic E-state index is -0.989. The van der Waals surface area contributed by atoms with Crippen molar-refractivity contribution in [3.05, 3.63) is 70.6 Å². The summed E-state index contributed by atoms with van der Waals surface area (Å²) in [4.78, 5) is 55.8. The summed E-state index contributed by atoms with van der Waals surface area (Å²) in [5, 5.41) is 4.07. The van der Waals surface area contributed by atoms with Gasteiger partial charge in [-0.3, -0.25) is 14.4 Å². The molecule has 1 N–H and O–H groups in total. The minimum absolute atomic E-state index is 0.177. The molecule has 4 rings (SSSR count). The van der Waals surface area contributed by atoms with Gasteiger partial charge in [-0.2, -0.15) is 0 Å². The van der Waals surface area contributed by atoms with Crippen molar-refractivity contribution >= 4 is 45.1 Å². The largest absolute Gasteiger partial charge is 0.355 e. The van der Waals surface area contributed by atoms with Gasteiger partial charge in [-0.05, 0) is 36.1 Å². The van der Waals surface area contributed by atoms with Crippen LogP contribution in [-0.4, -0.2) is 34.8 Å². The van der Waals surface area contributed by atoms with Gasteiger partial charge < -0.3 is 10.2 Å². The van der Waals surface area contributed by atoms with E-state index < -0.39 is 29.7 Å². The molecule has 1 atom stereocenters. The second kappa shape index (κ2) is 8.08. The topological polar surface area (TPSA) is 92.8 Å². The zero-order chi connectivity index (χ0) is 21.3. The van der Waals surface area contributed by atoms with E-state index >= 15 is 0 Å². The number of imide groups is 1. The average molecular weight is 422 g/mol. The summed E-state index contributed by atoms with van der Waals surface area (Å²) >= 11 is 1.32.